The molecule has 2 saturated carbocycles. The van der Waals surface area contributed by atoms with Crippen molar-refractivity contribution in [3.05, 3.63) is 0 Å². The van der Waals surface area contributed by atoms with Crippen molar-refractivity contribution in [1.29, 1.82) is 0 Å². The summed E-state index contributed by atoms with van der Waals surface area (Å²) in [6.45, 7) is 6.53. The molecule has 0 heterocycles. The van der Waals surface area contributed by atoms with E-state index >= 15 is 0 Å². The first-order chi connectivity index (χ1) is 13.4. The molecular formula is C22H36O6. The van der Waals surface area contributed by atoms with Gasteiger partial charge in [0.05, 0.1) is 26.2 Å². The molecule has 0 spiro atoms. The van der Waals surface area contributed by atoms with Gasteiger partial charge in [0, 0.05) is 0 Å². The van der Waals surface area contributed by atoms with Crippen LogP contribution in [-0.2, 0) is 28.6 Å². The Morgan fingerprint density at radius 3 is 2.04 bits per heavy atom. The van der Waals surface area contributed by atoms with Gasteiger partial charge in [-0.25, -0.2) is 0 Å². The van der Waals surface area contributed by atoms with Gasteiger partial charge in [-0.1, -0.05) is 39.0 Å². The van der Waals surface area contributed by atoms with E-state index in [2.05, 4.69) is 6.92 Å². The maximum atomic E-state index is 12.6. The first-order valence-corrected chi connectivity index (χ1v) is 10.9. The molecule has 0 aliphatic heterocycles. The Kier molecular flexibility index (Phi) is 8.32. The fraction of sp³-hybridized carbons (Fsp3) is 0.864. The third-order valence-electron chi connectivity index (χ3n) is 6.20. The summed E-state index contributed by atoms with van der Waals surface area (Å²) in [7, 11) is 0. The van der Waals surface area contributed by atoms with E-state index in [9.17, 15) is 14.4 Å². The SMILES string of the molecule is CCCCCCCCOC(=O)CC12CC1CC(C(=O)OCC)(C(=O)OCC)C2. The van der Waals surface area contributed by atoms with E-state index in [4.69, 9.17) is 14.2 Å². The first-order valence-electron chi connectivity index (χ1n) is 10.9. The fourth-order valence-electron chi connectivity index (χ4n) is 4.65. The Morgan fingerprint density at radius 2 is 1.43 bits per heavy atom. The van der Waals surface area contributed by atoms with Crippen molar-refractivity contribution in [2.75, 3.05) is 19.8 Å². The second kappa shape index (κ2) is 10.3. The van der Waals surface area contributed by atoms with E-state index in [-0.39, 0.29) is 36.9 Å². The van der Waals surface area contributed by atoms with Crippen LogP contribution in [0.15, 0.2) is 0 Å². The fourth-order valence-corrected chi connectivity index (χ4v) is 4.65. The number of carbonyl (C=O) groups is 3. The van der Waals surface area contributed by atoms with Crippen molar-refractivity contribution < 1.29 is 28.6 Å². The molecular weight excluding hydrogens is 360 g/mol. The minimum Gasteiger partial charge on any atom is -0.466 e. The van der Waals surface area contributed by atoms with E-state index in [1.165, 1.54) is 25.7 Å². The number of carbonyl (C=O) groups excluding carboxylic acids is 3. The van der Waals surface area contributed by atoms with Gasteiger partial charge in [-0.15, -0.1) is 0 Å². The maximum Gasteiger partial charge on any atom is 0.323 e. The number of ether oxygens (including phenoxy) is 3. The average Bonchev–Trinajstić information content (AvgIpc) is 3.20. The molecule has 0 N–H and O–H groups in total. The Morgan fingerprint density at radius 1 is 0.821 bits per heavy atom. The molecule has 2 unspecified atom stereocenters. The number of hydrogen-bond donors (Lipinski definition) is 0. The number of esters is 3. The van der Waals surface area contributed by atoms with Gasteiger partial charge in [0.2, 0.25) is 0 Å². The highest BCUT2D eigenvalue weighted by molar-refractivity contribution is 6.01. The zero-order valence-electron chi connectivity index (χ0n) is 17.7. The van der Waals surface area contributed by atoms with Crippen molar-refractivity contribution in [3.63, 3.8) is 0 Å². The van der Waals surface area contributed by atoms with Crippen molar-refractivity contribution in [2.24, 2.45) is 16.7 Å². The smallest absolute Gasteiger partial charge is 0.323 e. The van der Waals surface area contributed by atoms with Crippen molar-refractivity contribution in [3.8, 4) is 0 Å². The predicted octanol–water partition coefficient (Wildman–Crippen LogP) is 4.19. The van der Waals surface area contributed by atoms with Crippen molar-refractivity contribution in [1.82, 2.24) is 0 Å². The second-order valence-corrected chi connectivity index (χ2v) is 8.33. The molecule has 6 nitrogen and oxygen atoms in total. The van der Waals surface area contributed by atoms with Crippen LogP contribution in [0.5, 0.6) is 0 Å². The monoisotopic (exact) mass is 396 g/mol. The highest BCUT2D eigenvalue weighted by atomic mass is 16.6. The third-order valence-corrected chi connectivity index (χ3v) is 6.20. The van der Waals surface area contributed by atoms with Crippen LogP contribution in [0.25, 0.3) is 0 Å². The topological polar surface area (TPSA) is 78.9 Å². The molecule has 0 saturated heterocycles. The molecule has 2 atom stereocenters. The Balaban J connectivity index is 1.84. The van der Waals surface area contributed by atoms with Crippen molar-refractivity contribution in [2.45, 2.75) is 85.0 Å². The lowest BCUT2D eigenvalue weighted by molar-refractivity contribution is -0.173. The third kappa shape index (κ3) is 5.26. The van der Waals surface area contributed by atoms with Crippen LogP contribution in [0.3, 0.4) is 0 Å². The molecule has 0 bridgehead atoms. The molecule has 2 fully saturated rings. The number of unbranched alkanes of at least 4 members (excludes halogenated alkanes) is 5. The van der Waals surface area contributed by atoms with Crippen LogP contribution in [-0.4, -0.2) is 37.7 Å². The van der Waals surface area contributed by atoms with Gasteiger partial charge < -0.3 is 14.2 Å². The van der Waals surface area contributed by atoms with E-state index in [1.54, 1.807) is 13.8 Å². The van der Waals surface area contributed by atoms with Crippen LogP contribution in [0.4, 0.5) is 0 Å². The molecule has 2 rings (SSSR count). The summed E-state index contributed by atoms with van der Waals surface area (Å²) in [5, 5.41) is 0. The van der Waals surface area contributed by atoms with Gasteiger partial charge in [0.1, 0.15) is 0 Å². The standard InChI is InChI=1S/C22H36O6/c1-4-7-8-9-10-11-12-28-18(23)15-21-13-17(21)14-22(16-21,19(24)26-5-2)20(25)27-6-3/h17H,4-16H2,1-3H3. The minimum absolute atomic E-state index is 0.183. The maximum absolute atomic E-state index is 12.6. The highest BCUT2D eigenvalue weighted by Gasteiger charge is 2.71. The average molecular weight is 397 g/mol. The summed E-state index contributed by atoms with van der Waals surface area (Å²) < 4.78 is 15.8. The largest absolute Gasteiger partial charge is 0.466 e. The molecule has 6 heteroatoms. The molecule has 0 aromatic rings. The molecule has 160 valence electrons. The van der Waals surface area contributed by atoms with E-state index in [0.717, 1.165) is 19.3 Å². The van der Waals surface area contributed by atoms with Gasteiger partial charge in [0.15, 0.2) is 5.41 Å². The van der Waals surface area contributed by atoms with E-state index < -0.39 is 17.4 Å². The zero-order chi connectivity index (χ0) is 20.6. The number of fused-ring (bicyclic) bond motifs is 1. The molecule has 0 aromatic carbocycles. The summed E-state index contributed by atoms with van der Waals surface area (Å²) in [6, 6.07) is 0. The van der Waals surface area contributed by atoms with Crippen LogP contribution < -0.4 is 0 Å². The van der Waals surface area contributed by atoms with E-state index in [0.29, 0.717) is 19.4 Å². The molecule has 2 aliphatic rings. The van der Waals surface area contributed by atoms with Gasteiger partial charge in [0.25, 0.3) is 0 Å². The molecule has 2 aliphatic carbocycles. The Labute approximate surface area is 168 Å². The van der Waals surface area contributed by atoms with Gasteiger partial charge in [-0.05, 0) is 50.9 Å². The van der Waals surface area contributed by atoms with E-state index in [1.807, 2.05) is 0 Å². The zero-order valence-corrected chi connectivity index (χ0v) is 17.7. The Hall–Kier alpha value is -1.59. The normalized spacial score (nSPS) is 24.3. The molecule has 0 amide bonds. The van der Waals surface area contributed by atoms with Crippen molar-refractivity contribution >= 4 is 17.9 Å². The quantitative estimate of drug-likeness (QED) is 0.201. The molecule has 0 aromatic heterocycles. The number of hydrogen-bond acceptors (Lipinski definition) is 6. The number of rotatable bonds is 13. The Bertz CT molecular complexity index is 539. The lowest BCUT2D eigenvalue weighted by atomic mass is 9.80. The molecule has 0 radical (unpaired) electrons. The summed E-state index contributed by atoms with van der Waals surface area (Å²) >= 11 is 0. The van der Waals surface area contributed by atoms with Crippen LogP contribution in [0.1, 0.15) is 85.0 Å². The summed E-state index contributed by atoms with van der Waals surface area (Å²) in [5.41, 5.74) is -1.56. The van der Waals surface area contributed by atoms with Crippen LogP contribution >= 0.6 is 0 Å². The van der Waals surface area contributed by atoms with Gasteiger partial charge in [-0.3, -0.25) is 14.4 Å². The summed E-state index contributed by atoms with van der Waals surface area (Å²) in [6.07, 6.45) is 8.73. The minimum atomic E-state index is -1.26. The first kappa shape index (κ1) is 22.7. The van der Waals surface area contributed by atoms with Crippen LogP contribution in [0, 0.1) is 16.7 Å². The lowest BCUT2D eigenvalue weighted by Crippen LogP contribution is -2.41. The summed E-state index contributed by atoms with van der Waals surface area (Å²) in [4.78, 5) is 37.4. The lowest BCUT2D eigenvalue weighted by Gasteiger charge is -2.27. The second-order valence-electron chi connectivity index (χ2n) is 8.33. The van der Waals surface area contributed by atoms with Crippen LogP contribution in [0.2, 0.25) is 0 Å². The predicted molar refractivity (Wildman–Crippen MR) is 104 cm³/mol. The molecule has 28 heavy (non-hydrogen) atoms. The van der Waals surface area contributed by atoms with Gasteiger partial charge in [-0.2, -0.15) is 0 Å². The highest BCUT2D eigenvalue weighted by Crippen LogP contribution is 2.71. The summed E-state index contributed by atoms with van der Waals surface area (Å²) in [5.74, 6) is -1.07. The van der Waals surface area contributed by atoms with Gasteiger partial charge >= 0.3 is 17.9 Å².